The van der Waals surface area contributed by atoms with Crippen LogP contribution in [0.25, 0.3) is 0 Å². The topological polar surface area (TPSA) is 58.5 Å². The number of aryl methyl sites for hydroxylation is 1. The zero-order chi connectivity index (χ0) is 16.7. The monoisotopic (exact) mass is 336 g/mol. The molecule has 0 aliphatic carbocycles. The minimum absolute atomic E-state index is 0.124. The van der Waals surface area contributed by atoms with Crippen molar-refractivity contribution in [3.05, 3.63) is 46.2 Å². The fourth-order valence-corrected chi connectivity index (χ4v) is 2.67. The second kappa shape index (κ2) is 8.47. The van der Waals surface area contributed by atoms with Crippen LogP contribution in [0.15, 0.2) is 35.5 Å². The van der Waals surface area contributed by atoms with Crippen LogP contribution in [-0.2, 0) is 6.54 Å². The average molecular weight is 336 g/mol. The molecule has 0 saturated carbocycles. The highest BCUT2D eigenvalue weighted by Gasteiger charge is 2.07. The number of ether oxygens (including phenoxy) is 1. The summed E-state index contributed by atoms with van der Waals surface area (Å²) >= 11 is 1.65. The second-order valence-electron chi connectivity index (χ2n) is 5.04. The van der Waals surface area contributed by atoms with Gasteiger partial charge in [0, 0.05) is 24.2 Å². The van der Waals surface area contributed by atoms with E-state index < -0.39 is 0 Å². The number of thiazole rings is 1. The Morgan fingerprint density at radius 2 is 2.26 bits per heavy atom. The number of nitrogens with one attached hydrogen (secondary N) is 2. The highest BCUT2D eigenvalue weighted by molar-refractivity contribution is 7.11. The largest absolute Gasteiger partial charge is 0.489 e. The van der Waals surface area contributed by atoms with E-state index in [2.05, 4.69) is 20.6 Å². The molecule has 23 heavy (non-hydrogen) atoms. The van der Waals surface area contributed by atoms with Crippen LogP contribution in [0.3, 0.4) is 0 Å². The lowest BCUT2D eigenvalue weighted by atomic mass is 10.3. The minimum atomic E-state index is -0.306. The number of rotatable bonds is 6. The maximum atomic E-state index is 13.1. The van der Waals surface area contributed by atoms with E-state index >= 15 is 0 Å². The van der Waals surface area contributed by atoms with Crippen LogP contribution in [0.2, 0.25) is 0 Å². The van der Waals surface area contributed by atoms with Crippen molar-refractivity contribution in [3.8, 4) is 5.75 Å². The van der Waals surface area contributed by atoms with Gasteiger partial charge in [-0.2, -0.15) is 0 Å². The molecule has 2 aromatic rings. The molecule has 0 bridgehead atoms. The molecule has 2 N–H and O–H groups in total. The molecular formula is C16H21FN4OS. The number of hydrogen-bond donors (Lipinski definition) is 2. The molecule has 0 radical (unpaired) electrons. The van der Waals surface area contributed by atoms with Crippen LogP contribution in [-0.4, -0.2) is 30.6 Å². The van der Waals surface area contributed by atoms with Gasteiger partial charge in [-0.15, -0.1) is 11.3 Å². The Bertz CT molecular complexity index is 659. The summed E-state index contributed by atoms with van der Waals surface area (Å²) in [6, 6.07) is 6.12. The van der Waals surface area contributed by atoms with Crippen LogP contribution in [0.1, 0.15) is 16.8 Å². The lowest BCUT2D eigenvalue weighted by Crippen LogP contribution is -2.41. The highest BCUT2D eigenvalue weighted by atomic mass is 32.1. The molecule has 5 nitrogen and oxygen atoms in total. The molecule has 0 amide bonds. The third-order valence-electron chi connectivity index (χ3n) is 3.01. The Kier molecular flexibility index (Phi) is 6.34. The van der Waals surface area contributed by atoms with Crippen molar-refractivity contribution in [2.24, 2.45) is 4.99 Å². The molecule has 1 atom stereocenters. The second-order valence-corrected chi connectivity index (χ2v) is 6.36. The Morgan fingerprint density at radius 3 is 2.91 bits per heavy atom. The third-order valence-corrected chi connectivity index (χ3v) is 3.93. The highest BCUT2D eigenvalue weighted by Crippen LogP contribution is 2.13. The summed E-state index contributed by atoms with van der Waals surface area (Å²) in [4.78, 5) is 9.53. The van der Waals surface area contributed by atoms with Crippen molar-refractivity contribution in [2.45, 2.75) is 26.5 Å². The molecule has 1 aromatic carbocycles. The van der Waals surface area contributed by atoms with Gasteiger partial charge >= 0.3 is 0 Å². The van der Waals surface area contributed by atoms with Crippen molar-refractivity contribution in [1.82, 2.24) is 15.6 Å². The predicted molar refractivity (Wildman–Crippen MR) is 91.5 cm³/mol. The van der Waals surface area contributed by atoms with Crippen molar-refractivity contribution < 1.29 is 9.13 Å². The van der Waals surface area contributed by atoms with E-state index in [1.807, 2.05) is 20.0 Å². The van der Waals surface area contributed by atoms with Gasteiger partial charge in [0.05, 0.1) is 18.1 Å². The van der Waals surface area contributed by atoms with Crippen LogP contribution in [0.4, 0.5) is 4.39 Å². The smallest absolute Gasteiger partial charge is 0.191 e. The molecule has 2 rings (SSSR count). The van der Waals surface area contributed by atoms with E-state index in [1.165, 1.54) is 12.1 Å². The predicted octanol–water partition coefficient (Wildman–Crippen LogP) is 2.72. The number of nitrogens with zero attached hydrogens (tertiary/aromatic N) is 2. The molecule has 1 unspecified atom stereocenters. The zero-order valence-electron chi connectivity index (χ0n) is 13.5. The number of benzene rings is 1. The average Bonchev–Trinajstić information content (AvgIpc) is 2.93. The van der Waals surface area contributed by atoms with Gasteiger partial charge in [0.15, 0.2) is 5.96 Å². The molecule has 0 aliphatic heterocycles. The Labute approximate surface area is 139 Å². The van der Waals surface area contributed by atoms with E-state index in [9.17, 15) is 4.39 Å². The van der Waals surface area contributed by atoms with Gasteiger partial charge in [-0.05, 0) is 26.0 Å². The summed E-state index contributed by atoms with van der Waals surface area (Å²) in [5.74, 6) is 0.896. The van der Waals surface area contributed by atoms with Crippen LogP contribution < -0.4 is 15.4 Å². The van der Waals surface area contributed by atoms with Gasteiger partial charge in [0.2, 0.25) is 0 Å². The summed E-state index contributed by atoms with van der Waals surface area (Å²) in [5.41, 5.74) is 0. The van der Waals surface area contributed by atoms with E-state index in [-0.39, 0.29) is 11.9 Å². The first-order valence-electron chi connectivity index (χ1n) is 7.35. The lowest BCUT2D eigenvalue weighted by molar-refractivity contribution is 0.223. The Morgan fingerprint density at radius 1 is 1.43 bits per heavy atom. The maximum absolute atomic E-state index is 13.1. The van der Waals surface area contributed by atoms with Crippen molar-refractivity contribution >= 4 is 17.3 Å². The van der Waals surface area contributed by atoms with Gasteiger partial charge in [0.1, 0.15) is 17.7 Å². The first kappa shape index (κ1) is 17.2. The Balaban J connectivity index is 1.76. The molecular weight excluding hydrogens is 315 g/mol. The van der Waals surface area contributed by atoms with Crippen LogP contribution in [0.5, 0.6) is 5.75 Å². The first-order chi connectivity index (χ1) is 11.1. The molecule has 1 heterocycles. The number of halogens is 1. The molecule has 124 valence electrons. The van der Waals surface area contributed by atoms with Crippen LogP contribution >= 0.6 is 11.3 Å². The molecule has 0 spiro atoms. The van der Waals surface area contributed by atoms with Crippen LogP contribution in [0, 0.1) is 12.7 Å². The number of hydrogen-bond acceptors (Lipinski definition) is 4. The molecule has 0 saturated heterocycles. The van der Waals surface area contributed by atoms with Crippen molar-refractivity contribution in [3.63, 3.8) is 0 Å². The van der Waals surface area contributed by atoms with Crippen molar-refractivity contribution in [2.75, 3.05) is 13.6 Å². The summed E-state index contributed by atoms with van der Waals surface area (Å²) < 4.78 is 18.8. The summed E-state index contributed by atoms with van der Waals surface area (Å²) in [6.45, 7) is 5.12. The minimum Gasteiger partial charge on any atom is -0.489 e. The normalized spacial score (nSPS) is 12.8. The number of guanidine groups is 1. The summed E-state index contributed by atoms with van der Waals surface area (Å²) in [6.07, 6.45) is 1.73. The molecule has 0 fully saturated rings. The summed E-state index contributed by atoms with van der Waals surface area (Å²) in [7, 11) is 1.71. The fourth-order valence-electron chi connectivity index (χ4n) is 1.93. The van der Waals surface area contributed by atoms with Crippen molar-refractivity contribution in [1.29, 1.82) is 0 Å². The van der Waals surface area contributed by atoms with E-state index in [0.29, 0.717) is 24.8 Å². The Hall–Kier alpha value is -2.15. The SMILES string of the molecule is CN=C(NCc1cnc(C)s1)NCC(C)Oc1cccc(F)c1. The zero-order valence-corrected chi connectivity index (χ0v) is 14.3. The van der Waals surface area contributed by atoms with E-state index in [1.54, 1.807) is 30.5 Å². The quantitative estimate of drug-likeness (QED) is 0.629. The number of aliphatic imine (C=N–C) groups is 1. The van der Waals surface area contributed by atoms with Gasteiger partial charge in [-0.25, -0.2) is 9.37 Å². The van der Waals surface area contributed by atoms with E-state index in [4.69, 9.17) is 4.74 Å². The lowest BCUT2D eigenvalue weighted by Gasteiger charge is -2.17. The standard InChI is InChI=1S/C16H21FN4OS/c1-11(22-14-6-4-5-13(17)7-14)8-20-16(18-3)21-10-15-9-19-12(2)23-15/h4-7,9,11H,8,10H2,1-3H3,(H2,18,20,21). The van der Waals surface area contributed by atoms with Gasteiger partial charge in [-0.1, -0.05) is 6.07 Å². The third kappa shape index (κ3) is 5.86. The number of aromatic nitrogens is 1. The molecule has 1 aromatic heterocycles. The van der Waals surface area contributed by atoms with Gasteiger partial charge in [0.25, 0.3) is 0 Å². The van der Waals surface area contributed by atoms with Gasteiger partial charge < -0.3 is 15.4 Å². The molecule has 7 heteroatoms. The maximum Gasteiger partial charge on any atom is 0.191 e. The van der Waals surface area contributed by atoms with Gasteiger partial charge in [-0.3, -0.25) is 4.99 Å². The molecule has 0 aliphatic rings. The van der Waals surface area contributed by atoms with E-state index in [0.717, 1.165) is 9.88 Å². The first-order valence-corrected chi connectivity index (χ1v) is 8.16. The fraction of sp³-hybridized carbons (Fsp3) is 0.375. The summed E-state index contributed by atoms with van der Waals surface area (Å²) in [5, 5.41) is 7.45.